The number of aromatic nitrogens is 2. The van der Waals surface area contributed by atoms with Gasteiger partial charge in [0, 0.05) is 33.4 Å². The number of carbonyl (C=O) groups is 1. The lowest BCUT2D eigenvalue weighted by Crippen LogP contribution is -2.43. The molecule has 7 nitrogen and oxygen atoms in total. The third-order valence-corrected chi connectivity index (χ3v) is 6.86. The lowest BCUT2D eigenvalue weighted by molar-refractivity contribution is 0.0983. The molecule has 10 heteroatoms. The Hall–Kier alpha value is -2.56. The van der Waals surface area contributed by atoms with Crippen LogP contribution >= 0.6 is 0 Å². The summed E-state index contributed by atoms with van der Waals surface area (Å²) in [7, 11) is -0.606. The molecule has 2 aromatic rings. The molecule has 0 N–H and O–H groups in total. The summed E-state index contributed by atoms with van der Waals surface area (Å²) in [6.07, 6.45) is 3.08. The average molecular weight is 436 g/mol. The number of hydrogen-bond donors (Lipinski definition) is 0. The van der Waals surface area contributed by atoms with Gasteiger partial charge in [0.15, 0.2) is 5.78 Å². The number of benzene rings is 1. The molecule has 1 aromatic carbocycles. The zero-order valence-corrected chi connectivity index (χ0v) is 17.7. The van der Waals surface area contributed by atoms with Crippen LogP contribution in [0.5, 0.6) is 0 Å². The predicted molar refractivity (Wildman–Crippen MR) is 108 cm³/mol. The second-order valence-corrected chi connectivity index (χ2v) is 9.36. The molecule has 0 amide bonds. The molecule has 0 spiro atoms. The minimum atomic E-state index is -3.56. The highest BCUT2D eigenvalue weighted by Gasteiger charge is 2.29. The summed E-state index contributed by atoms with van der Waals surface area (Å²) in [6.45, 7) is 2.46. The van der Waals surface area contributed by atoms with Gasteiger partial charge < -0.3 is 0 Å². The van der Waals surface area contributed by atoms with Crippen molar-refractivity contribution in [3.05, 3.63) is 64.8 Å². The Morgan fingerprint density at radius 2 is 1.83 bits per heavy atom. The fourth-order valence-corrected chi connectivity index (χ4v) is 4.26. The highest BCUT2D eigenvalue weighted by atomic mass is 32.2. The first-order valence-corrected chi connectivity index (χ1v) is 10.7. The largest absolute Gasteiger partial charge is 0.294 e. The van der Waals surface area contributed by atoms with Crippen molar-refractivity contribution in [2.45, 2.75) is 19.8 Å². The normalized spacial score (nSPS) is 15.7. The molecule has 30 heavy (non-hydrogen) atoms. The number of carbonyl (C=O) groups excluding carboxylic acids is 1. The quantitative estimate of drug-likeness (QED) is 0.650. The maximum absolute atomic E-state index is 13.8. The maximum Gasteiger partial charge on any atom is 0.281 e. The molecular weight excluding hydrogens is 414 g/mol. The van der Waals surface area contributed by atoms with Crippen molar-refractivity contribution < 1.29 is 22.0 Å². The highest BCUT2D eigenvalue weighted by Crippen LogP contribution is 2.27. The molecule has 3 rings (SSSR count). The summed E-state index contributed by atoms with van der Waals surface area (Å²) in [6, 6.07) is 3.24. The van der Waals surface area contributed by atoms with Crippen LogP contribution in [-0.4, -0.2) is 60.0 Å². The van der Waals surface area contributed by atoms with Gasteiger partial charge in [0.05, 0.1) is 29.6 Å². The molecule has 2 heterocycles. The fourth-order valence-electron chi connectivity index (χ4n) is 3.18. The van der Waals surface area contributed by atoms with E-state index >= 15 is 0 Å². The van der Waals surface area contributed by atoms with Gasteiger partial charge in [-0.25, -0.2) is 8.78 Å². The molecule has 0 fully saturated rings. The Balaban J connectivity index is 1.79. The average Bonchev–Trinajstić information content (AvgIpc) is 2.68. The Morgan fingerprint density at radius 1 is 1.17 bits per heavy atom. The van der Waals surface area contributed by atoms with Crippen LogP contribution in [0, 0.1) is 11.6 Å². The number of ketones is 1. The van der Waals surface area contributed by atoms with Gasteiger partial charge in [0.1, 0.15) is 11.6 Å². The van der Waals surface area contributed by atoms with Gasteiger partial charge in [-0.15, -0.1) is 0 Å². The van der Waals surface area contributed by atoms with E-state index in [2.05, 4.69) is 9.97 Å². The molecule has 0 saturated heterocycles. The summed E-state index contributed by atoms with van der Waals surface area (Å²) >= 11 is 0. The van der Waals surface area contributed by atoms with Crippen LogP contribution in [0.2, 0.25) is 0 Å². The second kappa shape index (κ2) is 8.66. The summed E-state index contributed by atoms with van der Waals surface area (Å²) in [5.41, 5.74) is 1.92. The van der Waals surface area contributed by atoms with Crippen molar-refractivity contribution in [1.82, 2.24) is 18.6 Å². The Labute approximate surface area is 174 Å². The molecule has 0 atom stereocenters. The number of nitrogens with zero attached hydrogens (tertiary/aromatic N) is 4. The SMILES string of the molecule is CC1=C(c2cnc(CC(=O)c3c(F)cccc3F)cn2)CN(S(=O)(=O)N(C)C)CC1. The van der Waals surface area contributed by atoms with E-state index < -0.39 is 33.2 Å². The van der Waals surface area contributed by atoms with Gasteiger partial charge >= 0.3 is 0 Å². The minimum Gasteiger partial charge on any atom is -0.294 e. The van der Waals surface area contributed by atoms with Gasteiger partial charge in [0.25, 0.3) is 10.2 Å². The molecular formula is C20H22F2N4O3S. The van der Waals surface area contributed by atoms with Crippen LogP contribution in [0.25, 0.3) is 5.57 Å². The van der Waals surface area contributed by atoms with E-state index in [1.165, 1.54) is 36.9 Å². The third-order valence-electron chi connectivity index (χ3n) is 4.97. The molecule has 0 aliphatic carbocycles. The van der Waals surface area contributed by atoms with Crippen LogP contribution < -0.4 is 0 Å². The molecule has 1 aromatic heterocycles. The zero-order chi connectivity index (χ0) is 22.1. The van der Waals surface area contributed by atoms with Crippen molar-refractivity contribution in [2.75, 3.05) is 27.2 Å². The Kier molecular flexibility index (Phi) is 6.39. The summed E-state index contributed by atoms with van der Waals surface area (Å²) < 4.78 is 55.0. The first-order valence-electron chi connectivity index (χ1n) is 9.26. The number of rotatable bonds is 6. The van der Waals surface area contributed by atoms with E-state index in [1.807, 2.05) is 6.92 Å². The standard InChI is InChI=1S/C20H22F2N4O3S/c1-13-7-8-26(30(28,29)25(2)3)12-15(13)18-11-23-14(10-24-18)9-19(27)20-16(21)5-4-6-17(20)22/h4-6,10-11H,7-9,12H2,1-3H3. The van der Waals surface area contributed by atoms with Gasteiger partial charge in [-0.2, -0.15) is 17.0 Å². The van der Waals surface area contributed by atoms with E-state index in [-0.39, 0.29) is 18.7 Å². The van der Waals surface area contributed by atoms with Crippen molar-refractivity contribution in [3.8, 4) is 0 Å². The molecule has 1 aliphatic heterocycles. The van der Waals surface area contributed by atoms with Crippen molar-refractivity contribution >= 4 is 21.6 Å². The van der Waals surface area contributed by atoms with Crippen molar-refractivity contribution in [3.63, 3.8) is 0 Å². The van der Waals surface area contributed by atoms with E-state index in [9.17, 15) is 22.0 Å². The Bertz CT molecular complexity index is 1080. The topological polar surface area (TPSA) is 83.5 Å². The molecule has 0 saturated carbocycles. The highest BCUT2D eigenvalue weighted by molar-refractivity contribution is 7.86. The minimum absolute atomic E-state index is 0.166. The Morgan fingerprint density at radius 3 is 2.40 bits per heavy atom. The summed E-state index contributed by atoms with van der Waals surface area (Å²) in [5.74, 6) is -2.58. The van der Waals surface area contributed by atoms with E-state index in [4.69, 9.17) is 0 Å². The second-order valence-electron chi connectivity index (χ2n) is 7.22. The van der Waals surface area contributed by atoms with E-state index in [1.54, 1.807) is 0 Å². The van der Waals surface area contributed by atoms with E-state index in [0.717, 1.165) is 27.6 Å². The van der Waals surface area contributed by atoms with Crippen LogP contribution in [-0.2, 0) is 16.6 Å². The molecule has 0 unspecified atom stereocenters. The lowest BCUT2D eigenvalue weighted by atomic mass is 10.0. The monoisotopic (exact) mass is 436 g/mol. The smallest absolute Gasteiger partial charge is 0.281 e. The number of halogens is 2. The van der Waals surface area contributed by atoms with Crippen LogP contribution in [0.15, 0.2) is 36.2 Å². The van der Waals surface area contributed by atoms with Crippen molar-refractivity contribution in [1.29, 1.82) is 0 Å². The van der Waals surface area contributed by atoms with Gasteiger partial charge in [-0.05, 0) is 31.1 Å². The molecule has 0 radical (unpaired) electrons. The first kappa shape index (κ1) is 22.1. The van der Waals surface area contributed by atoms with Crippen molar-refractivity contribution in [2.24, 2.45) is 0 Å². The number of Topliss-reactive ketones (excluding diaryl/α,β-unsaturated/α-hetero) is 1. The maximum atomic E-state index is 13.8. The van der Waals surface area contributed by atoms with E-state index in [0.29, 0.717) is 18.7 Å². The van der Waals surface area contributed by atoms with Crippen LogP contribution in [0.1, 0.15) is 35.1 Å². The van der Waals surface area contributed by atoms with Crippen LogP contribution in [0.4, 0.5) is 8.78 Å². The zero-order valence-electron chi connectivity index (χ0n) is 16.9. The summed E-state index contributed by atoms with van der Waals surface area (Å²) in [5, 5.41) is 0. The number of hydrogen-bond acceptors (Lipinski definition) is 5. The summed E-state index contributed by atoms with van der Waals surface area (Å²) in [4.78, 5) is 20.8. The first-order chi connectivity index (χ1) is 14.1. The molecule has 160 valence electrons. The van der Waals surface area contributed by atoms with Gasteiger partial charge in [0.2, 0.25) is 0 Å². The predicted octanol–water partition coefficient (Wildman–Crippen LogP) is 2.47. The van der Waals surface area contributed by atoms with Gasteiger partial charge in [-0.1, -0.05) is 11.6 Å². The lowest BCUT2D eigenvalue weighted by Gasteiger charge is -2.30. The van der Waals surface area contributed by atoms with Crippen LogP contribution in [0.3, 0.4) is 0 Å². The van der Waals surface area contributed by atoms with Gasteiger partial charge in [-0.3, -0.25) is 14.8 Å². The molecule has 0 bridgehead atoms. The third kappa shape index (κ3) is 4.45. The molecule has 1 aliphatic rings. The fraction of sp³-hybridized carbons (Fsp3) is 0.350.